The van der Waals surface area contributed by atoms with Crippen molar-refractivity contribution in [1.82, 2.24) is 4.98 Å². The molecule has 0 bridgehead atoms. The molecule has 0 N–H and O–H groups in total. The predicted octanol–water partition coefficient (Wildman–Crippen LogP) is 6.32. The van der Waals surface area contributed by atoms with Gasteiger partial charge in [0.15, 0.2) is 5.78 Å². The van der Waals surface area contributed by atoms with Crippen molar-refractivity contribution in [2.75, 3.05) is 0 Å². The van der Waals surface area contributed by atoms with Crippen LogP contribution in [0, 0.1) is 6.92 Å². The van der Waals surface area contributed by atoms with Crippen LogP contribution in [0.1, 0.15) is 28.6 Å². The Hall–Kier alpha value is -2.93. The van der Waals surface area contributed by atoms with E-state index in [0.29, 0.717) is 16.3 Å². The third-order valence-corrected chi connectivity index (χ3v) is 5.27. The van der Waals surface area contributed by atoms with Crippen LogP contribution in [-0.2, 0) is 17.6 Å². The molecule has 1 heterocycles. The summed E-state index contributed by atoms with van der Waals surface area (Å²) in [7, 11) is 0. The first-order valence-electron chi connectivity index (χ1n) is 8.78. The Bertz CT molecular complexity index is 1040. The Morgan fingerprint density at radius 2 is 1.90 bits per heavy atom. The first-order valence-corrected chi connectivity index (χ1v) is 9.59. The van der Waals surface area contributed by atoms with Gasteiger partial charge >= 0.3 is 6.18 Å². The second kappa shape index (κ2) is 8.61. The van der Waals surface area contributed by atoms with Crippen molar-refractivity contribution in [2.24, 2.45) is 0 Å². The van der Waals surface area contributed by atoms with Gasteiger partial charge < -0.3 is 4.74 Å². The van der Waals surface area contributed by atoms with Crippen LogP contribution in [0.25, 0.3) is 16.6 Å². The van der Waals surface area contributed by atoms with Gasteiger partial charge in [-0.25, -0.2) is 4.98 Å². The average Bonchev–Trinajstić information content (AvgIpc) is 3.06. The molecule has 0 saturated heterocycles. The van der Waals surface area contributed by atoms with Gasteiger partial charge in [0.2, 0.25) is 0 Å². The van der Waals surface area contributed by atoms with E-state index < -0.39 is 11.7 Å². The van der Waals surface area contributed by atoms with Gasteiger partial charge in [0.05, 0.1) is 16.1 Å². The summed E-state index contributed by atoms with van der Waals surface area (Å²) in [6.07, 6.45) is -1.17. The van der Waals surface area contributed by atoms with Crippen molar-refractivity contribution in [3.63, 3.8) is 0 Å². The maximum atomic E-state index is 12.9. The van der Waals surface area contributed by atoms with Gasteiger partial charge in [-0.05, 0) is 49.8 Å². The summed E-state index contributed by atoms with van der Waals surface area (Å²) in [6.45, 7) is 3.56. The highest BCUT2D eigenvalue weighted by molar-refractivity contribution is 7.15. The number of benzene rings is 2. The number of nitrogens with zero attached hydrogens (tertiary/aromatic N) is 1. The number of carbonyl (C=O) groups is 1. The van der Waals surface area contributed by atoms with E-state index in [1.165, 1.54) is 30.4 Å². The minimum Gasteiger partial charge on any atom is -0.488 e. The number of aryl methyl sites for hydroxylation is 1. The smallest absolute Gasteiger partial charge is 0.416 e. The van der Waals surface area contributed by atoms with Gasteiger partial charge in [0.25, 0.3) is 0 Å². The summed E-state index contributed by atoms with van der Waals surface area (Å²) in [5, 5.41) is 0.525. The topological polar surface area (TPSA) is 39.2 Å². The summed E-state index contributed by atoms with van der Waals surface area (Å²) in [5.74, 6) is 0.626. The molecule has 2 aromatic carbocycles. The first-order chi connectivity index (χ1) is 13.7. The predicted molar refractivity (Wildman–Crippen MR) is 108 cm³/mol. The van der Waals surface area contributed by atoms with Crippen LogP contribution in [0.4, 0.5) is 13.2 Å². The van der Waals surface area contributed by atoms with Crippen molar-refractivity contribution in [3.8, 4) is 16.3 Å². The molecular weight excluding hydrogens is 399 g/mol. The molecule has 1 aromatic heterocycles. The molecule has 0 spiro atoms. The van der Waals surface area contributed by atoms with Crippen LogP contribution in [0.2, 0.25) is 0 Å². The van der Waals surface area contributed by atoms with Crippen LogP contribution in [0.15, 0.2) is 54.6 Å². The van der Waals surface area contributed by atoms with Gasteiger partial charge in [-0.3, -0.25) is 4.79 Å². The van der Waals surface area contributed by atoms with E-state index in [-0.39, 0.29) is 12.4 Å². The molecule has 0 amide bonds. The molecular formula is C22H18F3NO2S. The van der Waals surface area contributed by atoms with Gasteiger partial charge in [-0.1, -0.05) is 30.3 Å². The van der Waals surface area contributed by atoms with Crippen LogP contribution in [0.5, 0.6) is 5.75 Å². The molecule has 0 atom stereocenters. The zero-order valence-electron chi connectivity index (χ0n) is 15.8. The Kier molecular flexibility index (Phi) is 6.17. The highest BCUT2D eigenvalue weighted by atomic mass is 32.1. The normalized spacial score (nSPS) is 11.8. The Labute approximate surface area is 170 Å². The van der Waals surface area contributed by atoms with Crippen LogP contribution < -0.4 is 4.74 Å². The first kappa shape index (κ1) is 20.8. The van der Waals surface area contributed by atoms with Crippen molar-refractivity contribution < 1.29 is 22.7 Å². The van der Waals surface area contributed by atoms with E-state index in [9.17, 15) is 18.0 Å². The number of thiazole rings is 1. The molecule has 0 unspecified atom stereocenters. The zero-order valence-corrected chi connectivity index (χ0v) is 16.6. The Morgan fingerprint density at radius 3 is 2.55 bits per heavy atom. The van der Waals surface area contributed by atoms with Gasteiger partial charge in [0.1, 0.15) is 17.4 Å². The number of hydrogen-bond donors (Lipinski definition) is 0. The fraction of sp³-hybridized carbons (Fsp3) is 0.182. The zero-order chi connectivity index (χ0) is 21.0. The van der Waals surface area contributed by atoms with Gasteiger partial charge in [-0.15, -0.1) is 11.3 Å². The second-order valence-electron chi connectivity index (χ2n) is 6.41. The molecule has 0 aliphatic carbocycles. The van der Waals surface area contributed by atoms with E-state index >= 15 is 0 Å². The van der Waals surface area contributed by atoms with E-state index in [1.54, 1.807) is 24.3 Å². The van der Waals surface area contributed by atoms with Crippen molar-refractivity contribution in [2.45, 2.75) is 26.6 Å². The molecule has 3 aromatic rings. The lowest BCUT2D eigenvalue weighted by molar-refractivity contribution is -0.137. The van der Waals surface area contributed by atoms with Crippen molar-refractivity contribution in [1.29, 1.82) is 0 Å². The molecule has 29 heavy (non-hydrogen) atoms. The molecule has 3 rings (SSSR count). The molecule has 0 aliphatic rings. The monoisotopic (exact) mass is 417 g/mol. The molecule has 7 heteroatoms. The standard InChI is InChI=1S/C22H18F3NO2S/c1-14(27)6-7-16-8-10-19(11-9-16)28-13-20-15(2)26-21(29-20)17-4-3-5-18(12-17)22(23,24)25/h3-12H,13H2,1-2H3/b7-6+. The maximum Gasteiger partial charge on any atom is 0.416 e. The number of ketones is 1. The van der Waals surface area contributed by atoms with Crippen LogP contribution >= 0.6 is 11.3 Å². The third kappa shape index (κ3) is 5.54. The Morgan fingerprint density at radius 1 is 1.17 bits per heavy atom. The minimum absolute atomic E-state index is 0.0254. The lowest BCUT2D eigenvalue weighted by Gasteiger charge is -2.07. The summed E-state index contributed by atoms with van der Waals surface area (Å²) in [4.78, 5) is 16.2. The summed E-state index contributed by atoms with van der Waals surface area (Å²) >= 11 is 1.31. The highest BCUT2D eigenvalue weighted by Crippen LogP contribution is 2.34. The number of ether oxygens (including phenoxy) is 1. The minimum atomic E-state index is -4.39. The lowest BCUT2D eigenvalue weighted by atomic mass is 10.1. The molecule has 0 aliphatic heterocycles. The second-order valence-corrected chi connectivity index (χ2v) is 7.49. The number of aromatic nitrogens is 1. The van der Waals surface area contributed by atoms with Gasteiger partial charge in [0, 0.05) is 5.56 Å². The Balaban J connectivity index is 1.71. The van der Waals surface area contributed by atoms with Crippen LogP contribution in [-0.4, -0.2) is 10.8 Å². The molecule has 0 saturated carbocycles. The molecule has 0 radical (unpaired) electrons. The third-order valence-electron chi connectivity index (χ3n) is 4.09. The molecule has 3 nitrogen and oxygen atoms in total. The van der Waals surface area contributed by atoms with E-state index in [2.05, 4.69) is 4.98 Å². The van der Waals surface area contributed by atoms with E-state index in [1.807, 2.05) is 19.1 Å². The van der Waals surface area contributed by atoms with Gasteiger partial charge in [-0.2, -0.15) is 13.2 Å². The lowest BCUT2D eigenvalue weighted by Crippen LogP contribution is -2.04. The van der Waals surface area contributed by atoms with E-state index in [0.717, 1.165) is 28.3 Å². The number of halogens is 3. The van der Waals surface area contributed by atoms with E-state index in [4.69, 9.17) is 4.74 Å². The quantitative estimate of drug-likeness (QED) is 0.441. The number of carbonyl (C=O) groups excluding carboxylic acids is 1. The molecule has 0 fully saturated rings. The average molecular weight is 417 g/mol. The number of alkyl halides is 3. The molecule has 150 valence electrons. The number of rotatable bonds is 6. The fourth-order valence-corrected chi connectivity index (χ4v) is 3.52. The maximum absolute atomic E-state index is 12.9. The van der Waals surface area contributed by atoms with Crippen molar-refractivity contribution in [3.05, 3.63) is 76.3 Å². The summed E-state index contributed by atoms with van der Waals surface area (Å²) in [6, 6.07) is 12.4. The largest absolute Gasteiger partial charge is 0.488 e. The summed E-state index contributed by atoms with van der Waals surface area (Å²) in [5.41, 5.74) is 1.34. The number of allylic oxidation sites excluding steroid dienone is 1. The highest BCUT2D eigenvalue weighted by Gasteiger charge is 2.30. The SMILES string of the molecule is CC(=O)/C=C/c1ccc(OCc2sc(-c3cccc(C(F)(F)F)c3)nc2C)cc1. The summed E-state index contributed by atoms with van der Waals surface area (Å²) < 4.78 is 44.6. The van der Waals surface area contributed by atoms with Crippen LogP contribution in [0.3, 0.4) is 0 Å². The van der Waals surface area contributed by atoms with Crippen molar-refractivity contribution >= 4 is 23.2 Å². The number of hydrogen-bond acceptors (Lipinski definition) is 4. The fourth-order valence-electron chi connectivity index (χ4n) is 2.55.